The van der Waals surface area contributed by atoms with Crippen LogP contribution in [0.2, 0.25) is 0 Å². The maximum Gasteiger partial charge on any atom is 0.323 e. The number of benzene rings is 2. The lowest BCUT2D eigenvalue weighted by molar-refractivity contribution is 0.0939. The average Bonchev–Trinajstić information content (AvgIpc) is 3.01. The first-order valence-corrected chi connectivity index (χ1v) is 10.4. The number of fused-ring (bicyclic) bond motifs is 1. The zero-order valence-corrected chi connectivity index (χ0v) is 16.4. The maximum absolute atomic E-state index is 12.8. The minimum atomic E-state index is -3.96. The van der Waals surface area contributed by atoms with Gasteiger partial charge in [0.25, 0.3) is 15.9 Å². The third-order valence-corrected chi connectivity index (χ3v) is 5.68. The zero-order valence-electron chi connectivity index (χ0n) is 15.6. The van der Waals surface area contributed by atoms with Crippen LogP contribution < -0.4 is 15.7 Å². The van der Waals surface area contributed by atoms with Gasteiger partial charge in [-0.2, -0.15) is 0 Å². The highest BCUT2D eigenvalue weighted by atomic mass is 32.2. The Labute approximate surface area is 162 Å². The van der Waals surface area contributed by atoms with E-state index in [1.54, 1.807) is 18.2 Å². The highest BCUT2D eigenvalue weighted by molar-refractivity contribution is 7.92. The van der Waals surface area contributed by atoms with Crippen LogP contribution in [0.3, 0.4) is 0 Å². The monoisotopic (exact) mass is 402 g/mol. The van der Waals surface area contributed by atoms with E-state index in [0.717, 1.165) is 12.8 Å². The predicted molar refractivity (Wildman–Crippen MR) is 108 cm³/mol. The summed E-state index contributed by atoms with van der Waals surface area (Å²) >= 11 is 0. The van der Waals surface area contributed by atoms with Crippen LogP contribution in [0.15, 0.2) is 52.2 Å². The maximum atomic E-state index is 12.8. The van der Waals surface area contributed by atoms with Crippen molar-refractivity contribution in [2.45, 2.75) is 37.6 Å². The Morgan fingerprint density at radius 3 is 2.57 bits per heavy atom. The highest BCUT2D eigenvalue weighted by Crippen LogP contribution is 2.22. The van der Waals surface area contributed by atoms with Crippen LogP contribution in [-0.2, 0) is 10.0 Å². The van der Waals surface area contributed by atoms with Gasteiger partial charge in [0.1, 0.15) is 0 Å². The van der Waals surface area contributed by atoms with Crippen LogP contribution in [0.4, 0.5) is 5.69 Å². The quantitative estimate of drug-likeness (QED) is 0.485. The summed E-state index contributed by atoms with van der Waals surface area (Å²) in [6, 6.07) is 10.7. The number of hydrogen-bond donors (Lipinski definition) is 4. The van der Waals surface area contributed by atoms with E-state index in [1.807, 2.05) is 13.8 Å². The van der Waals surface area contributed by atoms with E-state index in [0.29, 0.717) is 11.0 Å². The lowest BCUT2D eigenvalue weighted by Crippen LogP contribution is -2.33. The summed E-state index contributed by atoms with van der Waals surface area (Å²) in [4.78, 5) is 29.0. The van der Waals surface area contributed by atoms with Crippen molar-refractivity contribution in [1.29, 1.82) is 0 Å². The van der Waals surface area contributed by atoms with Gasteiger partial charge < -0.3 is 15.3 Å². The first-order chi connectivity index (χ1) is 13.3. The third-order valence-electron chi connectivity index (χ3n) is 4.31. The largest absolute Gasteiger partial charge is 0.350 e. The second-order valence-electron chi connectivity index (χ2n) is 6.60. The molecule has 8 nitrogen and oxygen atoms in total. The number of nitrogens with one attached hydrogen (secondary N) is 4. The van der Waals surface area contributed by atoms with Gasteiger partial charge in [0.2, 0.25) is 0 Å². The summed E-state index contributed by atoms with van der Waals surface area (Å²) < 4.78 is 28.1. The van der Waals surface area contributed by atoms with Gasteiger partial charge >= 0.3 is 5.69 Å². The molecule has 1 amide bonds. The van der Waals surface area contributed by atoms with E-state index < -0.39 is 15.7 Å². The normalized spacial score (nSPS) is 12.6. The first-order valence-electron chi connectivity index (χ1n) is 8.95. The molecule has 0 aliphatic heterocycles. The van der Waals surface area contributed by atoms with E-state index in [-0.39, 0.29) is 28.1 Å². The number of H-pyrrole nitrogens is 2. The number of carbonyl (C=O) groups is 1. The number of carbonyl (C=O) groups excluding carboxylic acids is 1. The number of para-hydroxylation sites is 1. The van der Waals surface area contributed by atoms with E-state index in [4.69, 9.17) is 0 Å². The van der Waals surface area contributed by atoms with Crippen molar-refractivity contribution in [1.82, 2.24) is 15.3 Å². The number of anilines is 1. The van der Waals surface area contributed by atoms with Crippen LogP contribution in [0.25, 0.3) is 11.0 Å². The fraction of sp³-hybridized carbons (Fsp3) is 0.263. The minimum Gasteiger partial charge on any atom is -0.350 e. The average molecular weight is 402 g/mol. The molecule has 1 atom stereocenters. The Morgan fingerprint density at radius 1 is 1.11 bits per heavy atom. The topological polar surface area (TPSA) is 124 Å². The molecule has 0 aliphatic rings. The summed E-state index contributed by atoms with van der Waals surface area (Å²) in [5.41, 5.74) is 0.901. The van der Waals surface area contributed by atoms with Crippen molar-refractivity contribution < 1.29 is 13.2 Å². The molecule has 28 heavy (non-hydrogen) atoms. The van der Waals surface area contributed by atoms with Gasteiger partial charge in [-0.05, 0) is 43.7 Å². The van der Waals surface area contributed by atoms with Gasteiger partial charge in [-0.1, -0.05) is 25.5 Å². The summed E-state index contributed by atoms with van der Waals surface area (Å²) in [5, 5.41) is 2.87. The Bertz CT molecular complexity index is 1160. The van der Waals surface area contributed by atoms with E-state index >= 15 is 0 Å². The molecule has 3 rings (SSSR count). The van der Waals surface area contributed by atoms with Crippen molar-refractivity contribution in [3.63, 3.8) is 0 Å². The summed E-state index contributed by atoms with van der Waals surface area (Å²) in [5.74, 6) is -0.343. The molecule has 2 aromatic carbocycles. The SMILES string of the molecule is CCCC(C)NC(=O)c1ccccc1NS(=O)(=O)c1ccc2[nH]c(=O)[nH]c2c1. The summed E-state index contributed by atoms with van der Waals surface area (Å²) in [6.07, 6.45) is 1.76. The molecular weight excluding hydrogens is 380 g/mol. The number of amides is 1. The standard InChI is InChI=1S/C19H22N4O4S/c1-3-6-12(2)20-18(24)14-7-4-5-8-15(14)23-28(26,27)13-9-10-16-17(11-13)22-19(25)21-16/h4-5,7-12,23H,3,6H2,1-2H3,(H,20,24)(H2,21,22,25). The van der Waals surface area contributed by atoms with Gasteiger partial charge in [0.15, 0.2) is 0 Å². The molecule has 4 N–H and O–H groups in total. The number of rotatable bonds is 7. The van der Waals surface area contributed by atoms with Crippen molar-refractivity contribution in [3.8, 4) is 0 Å². The zero-order chi connectivity index (χ0) is 20.3. The number of aromatic amines is 2. The van der Waals surface area contributed by atoms with Crippen LogP contribution in [0.5, 0.6) is 0 Å². The molecular formula is C19H22N4O4S. The molecule has 1 aromatic heterocycles. The van der Waals surface area contributed by atoms with E-state index in [1.165, 1.54) is 24.3 Å². The molecule has 0 aliphatic carbocycles. The van der Waals surface area contributed by atoms with Crippen molar-refractivity contribution >= 4 is 32.7 Å². The van der Waals surface area contributed by atoms with Crippen LogP contribution in [0.1, 0.15) is 37.0 Å². The smallest absolute Gasteiger partial charge is 0.323 e. The molecule has 1 unspecified atom stereocenters. The molecule has 148 valence electrons. The second-order valence-corrected chi connectivity index (χ2v) is 8.28. The van der Waals surface area contributed by atoms with Gasteiger partial charge in [0, 0.05) is 6.04 Å². The van der Waals surface area contributed by atoms with Crippen molar-refractivity contribution in [3.05, 3.63) is 58.5 Å². The molecule has 3 aromatic rings. The van der Waals surface area contributed by atoms with Gasteiger partial charge in [-0.25, -0.2) is 13.2 Å². The number of aromatic nitrogens is 2. The molecule has 0 radical (unpaired) electrons. The molecule has 1 heterocycles. The summed E-state index contributed by atoms with van der Waals surface area (Å²) in [7, 11) is -3.96. The van der Waals surface area contributed by atoms with Gasteiger partial charge in [0.05, 0.1) is 27.2 Å². The third kappa shape index (κ3) is 4.25. The van der Waals surface area contributed by atoms with Crippen LogP contribution >= 0.6 is 0 Å². The molecule has 0 fully saturated rings. The fourth-order valence-electron chi connectivity index (χ4n) is 2.96. The van der Waals surface area contributed by atoms with Crippen LogP contribution in [0, 0.1) is 0 Å². The lowest BCUT2D eigenvalue weighted by Gasteiger charge is -2.16. The second kappa shape index (κ2) is 7.89. The first kappa shape index (κ1) is 19.7. The van der Waals surface area contributed by atoms with E-state index in [2.05, 4.69) is 20.0 Å². The Morgan fingerprint density at radius 2 is 1.82 bits per heavy atom. The minimum absolute atomic E-state index is 0.0185. The Balaban J connectivity index is 1.89. The van der Waals surface area contributed by atoms with Gasteiger partial charge in [-0.3, -0.25) is 9.52 Å². The highest BCUT2D eigenvalue weighted by Gasteiger charge is 2.20. The number of imidazole rings is 1. The molecule has 0 saturated heterocycles. The fourth-order valence-corrected chi connectivity index (χ4v) is 4.06. The number of hydrogen-bond acceptors (Lipinski definition) is 4. The Kier molecular flexibility index (Phi) is 5.55. The summed E-state index contributed by atoms with van der Waals surface area (Å²) in [6.45, 7) is 3.93. The molecule has 0 spiro atoms. The Hall–Kier alpha value is -3.07. The van der Waals surface area contributed by atoms with Crippen molar-refractivity contribution in [2.75, 3.05) is 4.72 Å². The lowest BCUT2D eigenvalue weighted by atomic mass is 10.1. The number of sulfonamides is 1. The van der Waals surface area contributed by atoms with Crippen molar-refractivity contribution in [2.24, 2.45) is 0 Å². The predicted octanol–water partition coefficient (Wildman–Crippen LogP) is 2.58. The molecule has 0 bridgehead atoms. The molecule has 0 saturated carbocycles. The van der Waals surface area contributed by atoms with E-state index in [9.17, 15) is 18.0 Å². The van der Waals surface area contributed by atoms with Gasteiger partial charge in [-0.15, -0.1) is 0 Å². The van der Waals surface area contributed by atoms with Crippen LogP contribution in [-0.4, -0.2) is 30.3 Å². The molecule has 9 heteroatoms.